The summed E-state index contributed by atoms with van der Waals surface area (Å²) >= 11 is 6.12. The van der Waals surface area contributed by atoms with E-state index in [9.17, 15) is 4.79 Å². The minimum absolute atomic E-state index is 0. The van der Waals surface area contributed by atoms with E-state index in [1.807, 2.05) is 29.2 Å². The molecule has 2 aliphatic rings. The Kier molecular flexibility index (Phi) is 8.43. The molecule has 0 spiro atoms. The van der Waals surface area contributed by atoms with Crippen molar-refractivity contribution in [1.29, 1.82) is 0 Å². The van der Waals surface area contributed by atoms with Gasteiger partial charge in [-0.1, -0.05) is 41.9 Å². The normalized spacial score (nSPS) is 18.3. The Bertz CT molecular complexity index is 938. The molecule has 2 aliphatic heterocycles. The van der Waals surface area contributed by atoms with Gasteiger partial charge in [0.15, 0.2) is 5.96 Å². The average Bonchev–Trinajstić information content (AvgIpc) is 3.24. The first-order valence-electron chi connectivity index (χ1n) is 10.4. The van der Waals surface area contributed by atoms with Crippen molar-refractivity contribution in [3.8, 4) is 0 Å². The molecule has 4 rings (SSSR count). The number of anilines is 1. The standard InChI is InChI=1S/C23H28ClN5O.HI/c1-25-23(27-20-10-12-28(16-20)21-8-4-7-19(24)13-21)26-14-22(30)29-11-9-17-5-2-3-6-18(17)15-29;/h2-8,13,20H,9-12,14-16H2,1H3,(H2,25,26,27);1H. The third-order valence-corrected chi connectivity index (χ3v) is 6.05. The summed E-state index contributed by atoms with van der Waals surface area (Å²) in [4.78, 5) is 21.2. The molecule has 1 saturated heterocycles. The minimum Gasteiger partial charge on any atom is -0.369 e. The lowest BCUT2D eigenvalue weighted by molar-refractivity contribution is -0.130. The van der Waals surface area contributed by atoms with E-state index in [0.717, 1.165) is 43.2 Å². The maximum Gasteiger partial charge on any atom is 0.242 e. The molecule has 1 amide bonds. The van der Waals surface area contributed by atoms with Crippen molar-refractivity contribution in [1.82, 2.24) is 15.5 Å². The number of hydrogen-bond acceptors (Lipinski definition) is 3. The molecular weight excluding hydrogens is 525 g/mol. The molecule has 0 bridgehead atoms. The second-order valence-corrected chi connectivity index (χ2v) is 8.25. The van der Waals surface area contributed by atoms with Gasteiger partial charge in [-0.05, 0) is 42.2 Å². The summed E-state index contributed by atoms with van der Waals surface area (Å²) in [5, 5.41) is 7.39. The molecule has 8 heteroatoms. The number of nitrogens with zero attached hydrogens (tertiary/aromatic N) is 3. The van der Waals surface area contributed by atoms with Crippen molar-refractivity contribution in [2.45, 2.75) is 25.4 Å². The summed E-state index contributed by atoms with van der Waals surface area (Å²) in [6.07, 6.45) is 1.92. The van der Waals surface area contributed by atoms with E-state index in [1.54, 1.807) is 7.05 Å². The highest BCUT2D eigenvalue weighted by Gasteiger charge is 2.24. The fourth-order valence-electron chi connectivity index (χ4n) is 4.15. The van der Waals surface area contributed by atoms with E-state index in [2.05, 4.69) is 44.8 Å². The highest BCUT2D eigenvalue weighted by molar-refractivity contribution is 14.0. The zero-order chi connectivity index (χ0) is 20.9. The number of guanidine groups is 1. The van der Waals surface area contributed by atoms with Gasteiger partial charge in [-0.2, -0.15) is 0 Å². The van der Waals surface area contributed by atoms with E-state index in [-0.39, 0.29) is 42.5 Å². The van der Waals surface area contributed by atoms with Crippen molar-refractivity contribution >= 4 is 53.1 Å². The quantitative estimate of drug-likeness (QED) is 0.347. The highest BCUT2D eigenvalue weighted by atomic mass is 127. The van der Waals surface area contributed by atoms with Crippen molar-refractivity contribution in [2.75, 3.05) is 38.1 Å². The molecule has 0 radical (unpaired) electrons. The van der Waals surface area contributed by atoms with Crippen LogP contribution < -0.4 is 15.5 Å². The van der Waals surface area contributed by atoms with Crippen molar-refractivity contribution in [3.05, 3.63) is 64.7 Å². The highest BCUT2D eigenvalue weighted by Crippen LogP contribution is 2.23. The summed E-state index contributed by atoms with van der Waals surface area (Å²) in [5.41, 5.74) is 3.72. The van der Waals surface area contributed by atoms with Gasteiger partial charge in [0.2, 0.25) is 5.91 Å². The summed E-state index contributed by atoms with van der Waals surface area (Å²) in [7, 11) is 1.74. The molecule has 1 fully saturated rings. The summed E-state index contributed by atoms with van der Waals surface area (Å²) < 4.78 is 0. The third kappa shape index (κ3) is 6.04. The van der Waals surface area contributed by atoms with Gasteiger partial charge in [0.1, 0.15) is 0 Å². The Balaban J connectivity index is 0.00000272. The van der Waals surface area contributed by atoms with E-state index >= 15 is 0 Å². The molecule has 0 aromatic heterocycles. The van der Waals surface area contributed by atoms with E-state index in [4.69, 9.17) is 11.6 Å². The zero-order valence-corrected chi connectivity index (χ0v) is 20.8. The van der Waals surface area contributed by atoms with Crippen LogP contribution in [-0.2, 0) is 17.8 Å². The predicted octanol–water partition coefficient (Wildman–Crippen LogP) is 3.29. The first kappa shape index (κ1) is 23.7. The van der Waals surface area contributed by atoms with Gasteiger partial charge in [0, 0.05) is 50.0 Å². The molecule has 31 heavy (non-hydrogen) atoms. The number of fused-ring (bicyclic) bond motifs is 1. The molecule has 6 nitrogen and oxygen atoms in total. The maximum absolute atomic E-state index is 12.7. The number of benzene rings is 2. The molecule has 1 unspecified atom stereocenters. The number of aliphatic imine (C=N–C) groups is 1. The Morgan fingerprint density at radius 1 is 1.16 bits per heavy atom. The summed E-state index contributed by atoms with van der Waals surface area (Å²) in [5.74, 6) is 0.762. The monoisotopic (exact) mass is 553 g/mol. The third-order valence-electron chi connectivity index (χ3n) is 5.82. The van der Waals surface area contributed by atoms with E-state index in [1.165, 1.54) is 11.1 Å². The van der Waals surface area contributed by atoms with Crippen molar-refractivity contribution < 1.29 is 4.79 Å². The van der Waals surface area contributed by atoms with Crippen LogP contribution in [0.4, 0.5) is 5.69 Å². The number of carbonyl (C=O) groups excluding carboxylic acids is 1. The fraction of sp³-hybridized carbons (Fsp3) is 0.391. The Labute approximate surface area is 206 Å². The summed E-state index contributed by atoms with van der Waals surface area (Å²) in [6, 6.07) is 16.6. The minimum atomic E-state index is 0. The second-order valence-electron chi connectivity index (χ2n) is 7.82. The van der Waals surface area contributed by atoms with Crippen LogP contribution in [-0.4, -0.2) is 56.0 Å². The van der Waals surface area contributed by atoms with Crippen molar-refractivity contribution in [3.63, 3.8) is 0 Å². The van der Waals surface area contributed by atoms with Crippen molar-refractivity contribution in [2.24, 2.45) is 4.99 Å². The van der Waals surface area contributed by atoms with Gasteiger partial charge in [0.05, 0.1) is 6.54 Å². The fourth-order valence-corrected chi connectivity index (χ4v) is 4.34. The van der Waals surface area contributed by atoms with Gasteiger partial charge in [0.25, 0.3) is 0 Å². The second kappa shape index (κ2) is 11.0. The molecule has 0 aliphatic carbocycles. The lowest BCUT2D eigenvalue weighted by Crippen LogP contribution is -2.48. The number of carbonyl (C=O) groups is 1. The van der Waals surface area contributed by atoms with Crippen LogP contribution in [0, 0.1) is 0 Å². The van der Waals surface area contributed by atoms with Crippen LogP contribution in [0.25, 0.3) is 0 Å². The molecule has 2 heterocycles. The number of halogens is 2. The number of rotatable bonds is 4. The molecule has 0 saturated carbocycles. The smallest absolute Gasteiger partial charge is 0.242 e. The van der Waals surface area contributed by atoms with Gasteiger partial charge < -0.3 is 20.4 Å². The van der Waals surface area contributed by atoms with Crippen LogP contribution in [0.5, 0.6) is 0 Å². The van der Waals surface area contributed by atoms with Crippen LogP contribution in [0.2, 0.25) is 5.02 Å². The molecule has 2 aromatic rings. The Morgan fingerprint density at radius 2 is 1.97 bits per heavy atom. The largest absolute Gasteiger partial charge is 0.369 e. The van der Waals surface area contributed by atoms with E-state index in [0.29, 0.717) is 12.5 Å². The number of hydrogen-bond donors (Lipinski definition) is 2. The zero-order valence-electron chi connectivity index (χ0n) is 17.7. The summed E-state index contributed by atoms with van der Waals surface area (Å²) in [6.45, 7) is 3.52. The molecule has 1 atom stereocenters. The van der Waals surface area contributed by atoms with Crippen LogP contribution in [0.1, 0.15) is 17.5 Å². The SMILES string of the molecule is CN=C(NCC(=O)N1CCc2ccccc2C1)NC1CCN(c2cccc(Cl)c2)C1.I. The maximum atomic E-state index is 12.7. The lowest BCUT2D eigenvalue weighted by atomic mass is 10.00. The first-order chi connectivity index (χ1) is 14.6. The average molecular weight is 554 g/mol. The lowest BCUT2D eigenvalue weighted by Gasteiger charge is -2.29. The Hall–Kier alpha value is -2.00. The number of amides is 1. The van der Waals surface area contributed by atoms with Gasteiger partial charge in [-0.15, -0.1) is 24.0 Å². The number of nitrogens with one attached hydrogen (secondary N) is 2. The predicted molar refractivity (Wildman–Crippen MR) is 138 cm³/mol. The van der Waals surface area contributed by atoms with Gasteiger partial charge in [-0.3, -0.25) is 9.79 Å². The van der Waals surface area contributed by atoms with Gasteiger partial charge >= 0.3 is 0 Å². The molecule has 166 valence electrons. The van der Waals surface area contributed by atoms with Gasteiger partial charge in [-0.25, -0.2) is 0 Å². The van der Waals surface area contributed by atoms with Crippen LogP contribution in [0.15, 0.2) is 53.5 Å². The molecular formula is C23H29ClIN5O. The molecule has 2 aromatic carbocycles. The molecule has 2 N–H and O–H groups in total. The topological polar surface area (TPSA) is 60.0 Å². The van der Waals surface area contributed by atoms with Crippen LogP contribution in [0.3, 0.4) is 0 Å². The first-order valence-corrected chi connectivity index (χ1v) is 10.8. The Morgan fingerprint density at radius 3 is 2.74 bits per heavy atom. The van der Waals surface area contributed by atoms with E-state index < -0.39 is 0 Å². The van der Waals surface area contributed by atoms with Crippen LogP contribution >= 0.6 is 35.6 Å².